The van der Waals surface area contributed by atoms with Gasteiger partial charge in [0.2, 0.25) is 0 Å². The number of hydrogen-bond donors (Lipinski definition) is 11. The van der Waals surface area contributed by atoms with Crippen molar-refractivity contribution in [2.45, 2.75) is 98.2 Å². The summed E-state index contributed by atoms with van der Waals surface area (Å²) in [6.45, 7) is -1.09. The van der Waals surface area contributed by atoms with Gasteiger partial charge in [0, 0.05) is 18.6 Å². The predicted octanol–water partition coefficient (Wildman–Crippen LogP) is -7.46. The molecule has 1 aliphatic carbocycles. The van der Waals surface area contributed by atoms with Crippen LogP contribution in [-0.2, 0) is 33.5 Å². The summed E-state index contributed by atoms with van der Waals surface area (Å²) in [7, 11) is -4.88. The van der Waals surface area contributed by atoms with Crippen LogP contribution < -0.4 is 22.9 Å². The van der Waals surface area contributed by atoms with Crippen molar-refractivity contribution in [2.24, 2.45) is 22.9 Å². The van der Waals surface area contributed by atoms with E-state index < -0.39 is 109 Å². The van der Waals surface area contributed by atoms with Crippen LogP contribution >= 0.6 is 0 Å². The van der Waals surface area contributed by atoms with Gasteiger partial charge in [-0.05, 0) is 6.42 Å². The first-order valence-electron chi connectivity index (χ1n) is 11.4. The number of hydrogen-bond acceptors (Lipinski definition) is 17. The van der Waals surface area contributed by atoms with Crippen LogP contribution in [0.15, 0.2) is 0 Å². The Morgan fingerprint density at radius 3 is 1.76 bits per heavy atom. The highest BCUT2D eigenvalue weighted by atomic mass is 32.3. The Labute approximate surface area is 211 Å². The van der Waals surface area contributed by atoms with Crippen LogP contribution in [0, 0.1) is 0 Å². The van der Waals surface area contributed by atoms with Gasteiger partial charge >= 0.3 is 10.4 Å². The molecular weight excluding hydrogens is 528 g/mol. The first kappa shape index (κ1) is 30.8. The van der Waals surface area contributed by atoms with Crippen LogP contribution in [0.1, 0.15) is 6.42 Å². The fourth-order valence-electron chi connectivity index (χ4n) is 4.54. The molecule has 218 valence electrons. The molecule has 0 spiro atoms. The molecule has 19 heteroatoms. The lowest BCUT2D eigenvalue weighted by Crippen LogP contribution is -2.68. The van der Waals surface area contributed by atoms with Crippen LogP contribution in [0.3, 0.4) is 0 Å². The van der Waals surface area contributed by atoms with E-state index in [9.17, 15) is 39.1 Å². The summed E-state index contributed by atoms with van der Waals surface area (Å²) in [6, 6.07) is -3.28. The zero-order valence-corrected chi connectivity index (χ0v) is 20.3. The van der Waals surface area contributed by atoms with Gasteiger partial charge in [0.15, 0.2) is 12.6 Å². The van der Waals surface area contributed by atoms with E-state index in [0.29, 0.717) is 0 Å². The highest BCUT2D eigenvalue weighted by Crippen LogP contribution is 2.31. The summed E-state index contributed by atoms with van der Waals surface area (Å²) in [4.78, 5) is 0. The Balaban J connectivity index is 1.73. The predicted molar refractivity (Wildman–Crippen MR) is 118 cm³/mol. The SMILES string of the molecule is NC[C@H]1O[C@H](O[C@H]2[C@H](O)[C@@H](O[C@H]3O[C@H](COS(=O)(=O)O)[C@@H](O)[C@H](N)[C@H]3O)[C@H](N)C[C@@H]2N)[C@H](O)[C@@H](O)[C@@H]1O. The van der Waals surface area contributed by atoms with Gasteiger partial charge in [-0.3, -0.25) is 4.55 Å². The van der Waals surface area contributed by atoms with Crippen molar-refractivity contribution in [3.63, 3.8) is 0 Å². The summed E-state index contributed by atoms with van der Waals surface area (Å²) in [5.41, 5.74) is 23.5. The first-order chi connectivity index (χ1) is 17.2. The second-order valence-corrected chi connectivity index (χ2v) is 10.4. The van der Waals surface area contributed by atoms with Gasteiger partial charge in [0.05, 0.1) is 12.6 Å². The molecular formula is C18H36N4O14S. The molecule has 2 heterocycles. The molecule has 0 amide bonds. The second kappa shape index (κ2) is 12.2. The Morgan fingerprint density at radius 2 is 1.24 bits per heavy atom. The van der Waals surface area contributed by atoms with Crippen LogP contribution in [0.2, 0.25) is 0 Å². The second-order valence-electron chi connectivity index (χ2n) is 9.32. The molecule has 1 saturated carbocycles. The molecule has 0 aromatic rings. The summed E-state index contributed by atoms with van der Waals surface area (Å²) < 4.78 is 56.9. The molecule has 3 rings (SSSR count). The largest absolute Gasteiger partial charge is 0.397 e. The molecule has 18 nitrogen and oxygen atoms in total. The van der Waals surface area contributed by atoms with Crippen LogP contribution in [0.25, 0.3) is 0 Å². The normalized spacial score (nSPS) is 49.6. The van der Waals surface area contributed by atoms with Crippen LogP contribution in [-0.4, -0.2) is 149 Å². The molecule has 0 radical (unpaired) electrons. The Bertz CT molecular complexity index is 856. The Morgan fingerprint density at radius 1 is 0.730 bits per heavy atom. The van der Waals surface area contributed by atoms with E-state index in [0.717, 1.165) is 0 Å². The van der Waals surface area contributed by atoms with Crippen molar-refractivity contribution >= 4 is 10.4 Å². The molecule has 0 aromatic heterocycles. The molecule has 0 aromatic carbocycles. The molecule has 0 unspecified atom stereocenters. The van der Waals surface area contributed by atoms with Crippen LogP contribution in [0.4, 0.5) is 0 Å². The van der Waals surface area contributed by atoms with Gasteiger partial charge < -0.3 is 72.5 Å². The van der Waals surface area contributed by atoms with E-state index in [-0.39, 0.29) is 13.0 Å². The molecule has 37 heavy (non-hydrogen) atoms. The van der Waals surface area contributed by atoms with Crippen molar-refractivity contribution in [2.75, 3.05) is 13.2 Å². The number of rotatable bonds is 8. The minimum atomic E-state index is -4.88. The lowest BCUT2D eigenvalue weighted by atomic mass is 9.84. The van der Waals surface area contributed by atoms with Gasteiger partial charge in [0.1, 0.15) is 61.0 Å². The average Bonchev–Trinajstić information content (AvgIpc) is 2.82. The summed E-state index contributed by atoms with van der Waals surface area (Å²) in [5, 5.41) is 62.0. The third kappa shape index (κ3) is 6.91. The average molecular weight is 565 g/mol. The van der Waals surface area contributed by atoms with E-state index in [1.807, 2.05) is 0 Å². The zero-order chi connectivity index (χ0) is 27.8. The third-order valence-corrected chi connectivity index (χ3v) is 7.12. The summed E-state index contributed by atoms with van der Waals surface area (Å²) in [5.74, 6) is 0. The molecule has 2 aliphatic heterocycles. The van der Waals surface area contributed by atoms with E-state index in [1.165, 1.54) is 0 Å². The van der Waals surface area contributed by atoms with Gasteiger partial charge in [-0.2, -0.15) is 8.42 Å². The molecule has 0 bridgehead atoms. The highest BCUT2D eigenvalue weighted by molar-refractivity contribution is 7.80. The van der Waals surface area contributed by atoms with E-state index >= 15 is 0 Å². The smallest absolute Gasteiger partial charge is 0.389 e. The van der Waals surface area contributed by atoms with E-state index in [1.54, 1.807) is 0 Å². The minimum absolute atomic E-state index is 0.00645. The first-order valence-corrected chi connectivity index (χ1v) is 12.8. The zero-order valence-electron chi connectivity index (χ0n) is 19.5. The molecule has 15 atom stereocenters. The molecule has 3 aliphatic rings. The van der Waals surface area contributed by atoms with E-state index in [2.05, 4.69) is 4.18 Å². The van der Waals surface area contributed by atoms with Gasteiger partial charge in [-0.25, -0.2) is 4.18 Å². The maximum atomic E-state index is 11.0. The quantitative estimate of drug-likeness (QED) is 0.122. The number of aliphatic hydroxyl groups excluding tert-OH is 6. The van der Waals surface area contributed by atoms with Crippen molar-refractivity contribution in [1.82, 2.24) is 0 Å². The summed E-state index contributed by atoms with van der Waals surface area (Å²) in [6.07, 6.45) is -18.2. The third-order valence-electron chi connectivity index (χ3n) is 6.68. The Hall–Kier alpha value is -0.690. The number of nitrogens with two attached hydrogens (primary N) is 4. The van der Waals surface area contributed by atoms with E-state index in [4.69, 9.17) is 46.4 Å². The molecule has 3 fully saturated rings. The Kier molecular flexibility index (Phi) is 10.2. The van der Waals surface area contributed by atoms with Crippen LogP contribution in [0.5, 0.6) is 0 Å². The maximum absolute atomic E-state index is 11.0. The molecule has 15 N–H and O–H groups in total. The number of ether oxygens (including phenoxy) is 4. The fourth-order valence-corrected chi connectivity index (χ4v) is 4.85. The van der Waals surface area contributed by atoms with Crippen molar-refractivity contribution in [1.29, 1.82) is 0 Å². The minimum Gasteiger partial charge on any atom is -0.389 e. The van der Waals surface area contributed by atoms with Crippen molar-refractivity contribution < 1.29 is 66.7 Å². The van der Waals surface area contributed by atoms with Gasteiger partial charge in [0.25, 0.3) is 0 Å². The molecule has 2 saturated heterocycles. The maximum Gasteiger partial charge on any atom is 0.397 e. The van der Waals surface area contributed by atoms with Crippen molar-refractivity contribution in [3.05, 3.63) is 0 Å². The van der Waals surface area contributed by atoms with Crippen molar-refractivity contribution in [3.8, 4) is 0 Å². The lowest BCUT2D eigenvalue weighted by Gasteiger charge is -2.48. The lowest BCUT2D eigenvalue weighted by molar-refractivity contribution is -0.331. The topological polar surface area (TPSA) is 326 Å². The highest BCUT2D eigenvalue weighted by Gasteiger charge is 2.51. The number of aliphatic hydroxyl groups is 6. The fraction of sp³-hybridized carbons (Fsp3) is 1.00. The monoisotopic (exact) mass is 564 g/mol. The van der Waals surface area contributed by atoms with Gasteiger partial charge in [-0.15, -0.1) is 0 Å². The summed E-state index contributed by atoms with van der Waals surface area (Å²) >= 11 is 0. The standard InChI is InChI=1S/C18H36N4O14S/c19-2-6-10(24)12(26)13(27)18(33-6)36-16-5(21)1-4(20)15(14(16)28)35-17-11(25)8(22)9(23)7(34-17)3-32-37(29,30)31/h4-18,23-28H,1-3,19-22H2,(H,29,30,31)/t4-,5+,6-,7-,8+,9-,10-,11-,12+,13-,14-,15+,16-,17-,18-/m1/s1. The van der Waals surface area contributed by atoms with Gasteiger partial charge in [-0.1, -0.05) is 0 Å².